The lowest BCUT2D eigenvalue weighted by Gasteiger charge is -2.11. The van der Waals surface area contributed by atoms with Gasteiger partial charge in [0.1, 0.15) is 6.07 Å². The van der Waals surface area contributed by atoms with E-state index in [9.17, 15) is 13.2 Å². The summed E-state index contributed by atoms with van der Waals surface area (Å²) in [6.07, 6.45) is -3.02. The fourth-order valence-electron chi connectivity index (χ4n) is 1.65. The zero-order valence-electron chi connectivity index (χ0n) is 10.9. The molecule has 1 heterocycles. The second kappa shape index (κ2) is 5.71. The van der Waals surface area contributed by atoms with Crippen molar-refractivity contribution < 1.29 is 17.9 Å². The predicted molar refractivity (Wildman–Crippen MR) is 70.2 cm³/mol. The molecule has 0 spiro atoms. The zero-order valence-corrected chi connectivity index (χ0v) is 10.9. The molecule has 4 nitrogen and oxygen atoms in total. The topological polar surface area (TPSA) is 57.9 Å². The molecule has 1 N–H and O–H groups in total. The molecular weight excluding hydrogens is 283 g/mol. The summed E-state index contributed by atoms with van der Waals surface area (Å²) in [6.45, 7) is 0. The van der Waals surface area contributed by atoms with Crippen molar-refractivity contribution in [3.63, 3.8) is 0 Å². The minimum absolute atomic E-state index is 0.0966. The quantitative estimate of drug-likeness (QED) is 0.937. The fourth-order valence-corrected chi connectivity index (χ4v) is 1.65. The summed E-state index contributed by atoms with van der Waals surface area (Å²) in [4.78, 5) is 3.96. The van der Waals surface area contributed by atoms with Crippen LogP contribution in [0, 0.1) is 11.3 Å². The maximum Gasteiger partial charge on any atom is 0.416 e. The van der Waals surface area contributed by atoms with Crippen LogP contribution in [0.3, 0.4) is 0 Å². The smallest absolute Gasteiger partial charge is 0.416 e. The first-order chi connectivity index (χ1) is 9.94. The van der Waals surface area contributed by atoms with Crippen molar-refractivity contribution in [1.29, 1.82) is 5.26 Å². The molecule has 0 amide bonds. The van der Waals surface area contributed by atoms with Crippen LogP contribution in [0.4, 0.5) is 24.5 Å². The van der Waals surface area contributed by atoms with Crippen molar-refractivity contribution >= 4 is 11.4 Å². The van der Waals surface area contributed by atoms with E-state index >= 15 is 0 Å². The summed E-state index contributed by atoms with van der Waals surface area (Å²) in [7, 11) is 1.47. The maximum absolute atomic E-state index is 12.6. The lowest BCUT2D eigenvalue weighted by Crippen LogP contribution is -2.06. The van der Waals surface area contributed by atoms with Gasteiger partial charge in [0.15, 0.2) is 0 Å². The molecule has 2 aromatic rings. The molecule has 0 aliphatic heterocycles. The molecule has 0 saturated carbocycles. The molecule has 0 unspecified atom stereocenters. The lowest BCUT2D eigenvalue weighted by atomic mass is 10.1. The Morgan fingerprint density at radius 1 is 1.24 bits per heavy atom. The Bertz CT molecular complexity index is 675. The summed E-state index contributed by atoms with van der Waals surface area (Å²) >= 11 is 0. The van der Waals surface area contributed by atoms with Crippen LogP contribution in [0.5, 0.6) is 5.88 Å². The van der Waals surface area contributed by atoms with E-state index in [1.54, 1.807) is 18.2 Å². The highest BCUT2D eigenvalue weighted by molar-refractivity contribution is 5.66. The number of pyridine rings is 1. The number of nitrogens with zero attached hydrogens (tertiary/aromatic N) is 2. The van der Waals surface area contributed by atoms with Crippen molar-refractivity contribution in [1.82, 2.24) is 4.98 Å². The van der Waals surface area contributed by atoms with E-state index in [4.69, 9.17) is 10.00 Å². The number of nitrogens with one attached hydrogen (secondary N) is 1. The van der Waals surface area contributed by atoms with Gasteiger partial charge in [0.2, 0.25) is 5.88 Å². The minimum Gasteiger partial charge on any atom is -0.481 e. The largest absolute Gasteiger partial charge is 0.481 e. The number of alkyl halides is 3. The van der Waals surface area contributed by atoms with Crippen LogP contribution in [0.25, 0.3) is 0 Å². The molecule has 7 heteroatoms. The molecule has 0 radical (unpaired) electrons. The van der Waals surface area contributed by atoms with Crippen molar-refractivity contribution in [2.24, 2.45) is 0 Å². The third-order valence-electron chi connectivity index (χ3n) is 2.69. The van der Waals surface area contributed by atoms with Crippen LogP contribution >= 0.6 is 0 Å². The van der Waals surface area contributed by atoms with Gasteiger partial charge in [-0.3, -0.25) is 0 Å². The summed E-state index contributed by atoms with van der Waals surface area (Å²) in [6, 6.07) is 7.92. The van der Waals surface area contributed by atoms with E-state index in [1.807, 2.05) is 0 Å². The summed E-state index contributed by atoms with van der Waals surface area (Å²) in [5.41, 5.74) is -0.150. The number of anilines is 2. The van der Waals surface area contributed by atoms with Gasteiger partial charge in [-0.2, -0.15) is 18.4 Å². The van der Waals surface area contributed by atoms with Gasteiger partial charge >= 0.3 is 6.18 Å². The molecule has 0 atom stereocenters. The predicted octanol–water partition coefficient (Wildman–Crippen LogP) is 3.72. The molecule has 1 aromatic heterocycles. The van der Waals surface area contributed by atoms with Gasteiger partial charge in [0.05, 0.1) is 35.8 Å². The van der Waals surface area contributed by atoms with Crippen LogP contribution in [-0.4, -0.2) is 12.1 Å². The average molecular weight is 293 g/mol. The Balaban J connectivity index is 2.29. The molecule has 0 aliphatic carbocycles. The number of rotatable bonds is 3. The Labute approximate surface area is 118 Å². The first-order valence-corrected chi connectivity index (χ1v) is 5.82. The van der Waals surface area contributed by atoms with Gasteiger partial charge in [-0.25, -0.2) is 4.98 Å². The van der Waals surface area contributed by atoms with Gasteiger partial charge in [0.25, 0.3) is 0 Å². The standard InChI is InChI=1S/C14H10F3N3O/c1-21-13-5-3-11(8-19-13)20-12-4-2-10(14(15,16)17)6-9(12)7-18/h2-6,8,20H,1H3. The molecule has 0 aliphatic rings. The first-order valence-electron chi connectivity index (χ1n) is 5.82. The third-order valence-corrected chi connectivity index (χ3v) is 2.69. The second-order valence-corrected chi connectivity index (χ2v) is 4.08. The van der Waals surface area contributed by atoms with Gasteiger partial charge in [0, 0.05) is 6.07 Å². The molecule has 0 bridgehead atoms. The summed E-state index contributed by atoms with van der Waals surface area (Å²) < 4.78 is 42.7. The number of benzene rings is 1. The highest BCUT2D eigenvalue weighted by Gasteiger charge is 2.31. The van der Waals surface area contributed by atoms with E-state index in [0.717, 1.165) is 12.1 Å². The highest BCUT2D eigenvalue weighted by atomic mass is 19.4. The van der Waals surface area contributed by atoms with Gasteiger partial charge in [-0.15, -0.1) is 0 Å². The number of hydrogen-bond donors (Lipinski definition) is 1. The third kappa shape index (κ3) is 3.42. The molecule has 2 rings (SSSR count). The van der Waals surface area contributed by atoms with Crippen LogP contribution < -0.4 is 10.1 Å². The van der Waals surface area contributed by atoms with Crippen molar-refractivity contribution in [3.8, 4) is 11.9 Å². The Hall–Kier alpha value is -2.75. The van der Waals surface area contributed by atoms with E-state index in [0.29, 0.717) is 11.6 Å². The molecule has 21 heavy (non-hydrogen) atoms. The van der Waals surface area contributed by atoms with E-state index in [1.165, 1.54) is 19.4 Å². The molecular formula is C14H10F3N3O. The summed E-state index contributed by atoms with van der Waals surface area (Å²) in [5.74, 6) is 0.411. The first kappa shape index (κ1) is 14.7. The van der Waals surface area contributed by atoms with Crippen molar-refractivity contribution in [2.75, 3.05) is 12.4 Å². The van der Waals surface area contributed by atoms with E-state index < -0.39 is 11.7 Å². The number of hydrogen-bond acceptors (Lipinski definition) is 4. The van der Waals surface area contributed by atoms with Gasteiger partial charge in [-0.1, -0.05) is 0 Å². The Morgan fingerprint density at radius 3 is 2.52 bits per heavy atom. The fraction of sp³-hybridized carbons (Fsp3) is 0.143. The monoisotopic (exact) mass is 293 g/mol. The van der Waals surface area contributed by atoms with E-state index in [-0.39, 0.29) is 11.3 Å². The number of aromatic nitrogens is 1. The Kier molecular flexibility index (Phi) is 3.98. The molecule has 108 valence electrons. The number of methoxy groups -OCH3 is 1. The summed E-state index contributed by atoms with van der Waals surface area (Å²) in [5, 5.41) is 11.8. The highest BCUT2D eigenvalue weighted by Crippen LogP contribution is 2.32. The maximum atomic E-state index is 12.6. The van der Waals surface area contributed by atoms with Crippen molar-refractivity contribution in [3.05, 3.63) is 47.7 Å². The molecule has 0 fully saturated rings. The minimum atomic E-state index is -4.48. The SMILES string of the molecule is COc1ccc(Nc2ccc(C(F)(F)F)cc2C#N)cn1. The van der Waals surface area contributed by atoms with Crippen molar-refractivity contribution in [2.45, 2.75) is 6.18 Å². The van der Waals surface area contributed by atoms with Crippen LogP contribution in [0.1, 0.15) is 11.1 Å². The number of halogens is 3. The average Bonchev–Trinajstić information content (AvgIpc) is 2.47. The second-order valence-electron chi connectivity index (χ2n) is 4.08. The van der Waals surface area contributed by atoms with Gasteiger partial charge < -0.3 is 10.1 Å². The number of nitriles is 1. The normalized spacial score (nSPS) is 10.8. The lowest BCUT2D eigenvalue weighted by molar-refractivity contribution is -0.137. The number of ether oxygens (including phenoxy) is 1. The molecule has 1 aromatic carbocycles. The van der Waals surface area contributed by atoms with Crippen LogP contribution in [0.2, 0.25) is 0 Å². The van der Waals surface area contributed by atoms with Crippen LogP contribution in [-0.2, 0) is 6.18 Å². The van der Waals surface area contributed by atoms with Crippen LogP contribution in [0.15, 0.2) is 36.5 Å². The molecule has 0 saturated heterocycles. The van der Waals surface area contributed by atoms with E-state index in [2.05, 4.69) is 10.3 Å². The Morgan fingerprint density at radius 2 is 2.00 bits per heavy atom. The zero-order chi connectivity index (χ0) is 15.5. The van der Waals surface area contributed by atoms with Gasteiger partial charge in [-0.05, 0) is 24.3 Å².